The van der Waals surface area contributed by atoms with Gasteiger partial charge in [-0.25, -0.2) is 0 Å². The summed E-state index contributed by atoms with van der Waals surface area (Å²) in [6.07, 6.45) is 0.869. The molecule has 0 bridgehead atoms. The maximum atomic E-state index is 10.7. The molecule has 0 saturated heterocycles. The van der Waals surface area contributed by atoms with Gasteiger partial charge >= 0.3 is 0 Å². The summed E-state index contributed by atoms with van der Waals surface area (Å²) in [5, 5.41) is 0. The number of carbonyl (C=O) groups excluding carboxylic acids is 1. The molecule has 66 valence electrons. The molecule has 2 heteroatoms. The van der Waals surface area contributed by atoms with Crippen LogP contribution in [0.4, 0.5) is 0 Å². The lowest BCUT2D eigenvalue weighted by Gasteiger charge is -2.13. The molecule has 11 heavy (non-hydrogen) atoms. The van der Waals surface area contributed by atoms with Gasteiger partial charge in [-0.3, -0.25) is 4.79 Å². The summed E-state index contributed by atoms with van der Waals surface area (Å²) < 4.78 is 5.31. The Hall–Kier alpha value is -0.370. The second-order valence-corrected chi connectivity index (χ2v) is 3.10. The second kappa shape index (κ2) is 5.30. The molecular weight excluding hydrogens is 140 g/mol. The molecule has 2 nitrogen and oxygen atoms in total. The Kier molecular flexibility index (Phi) is 5.12. The lowest BCUT2D eigenvalue weighted by molar-refractivity contribution is -0.127. The van der Waals surface area contributed by atoms with Crippen LogP contribution < -0.4 is 0 Å². The molecule has 0 aromatic heterocycles. The number of hydrogen-bond acceptors (Lipinski definition) is 2. The largest absolute Gasteiger partial charge is 0.370 e. The van der Waals surface area contributed by atoms with Crippen molar-refractivity contribution >= 4 is 5.78 Å². The SMILES string of the molecule is CCC(C)COC(C)C(C)=O. The van der Waals surface area contributed by atoms with E-state index in [1.54, 1.807) is 13.8 Å². The lowest BCUT2D eigenvalue weighted by atomic mass is 10.1. The summed E-state index contributed by atoms with van der Waals surface area (Å²) in [6.45, 7) is 8.28. The molecule has 0 N–H and O–H groups in total. The molecule has 2 unspecified atom stereocenters. The molecule has 0 rings (SSSR count). The van der Waals surface area contributed by atoms with Gasteiger partial charge in [-0.05, 0) is 19.8 Å². The quantitative estimate of drug-likeness (QED) is 0.612. The standard InChI is InChI=1S/C9H18O2/c1-5-7(2)6-11-9(4)8(3)10/h7,9H,5-6H2,1-4H3. The normalized spacial score (nSPS) is 16.0. The minimum Gasteiger partial charge on any atom is -0.370 e. The van der Waals surface area contributed by atoms with E-state index in [1.807, 2.05) is 0 Å². The minimum absolute atomic E-state index is 0.105. The van der Waals surface area contributed by atoms with Crippen molar-refractivity contribution in [2.75, 3.05) is 6.61 Å². The molecule has 2 atom stereocenters. The highest BCUT2D eigenvalue weighted by Crippen LogP contribution is 2.03. The number of rotatable bonds is 5. The fraction of sp³-hybridized carbons (Fsp3) is 0.889. The predicted octanol–water partition coefficient (Wildman–Crippen LogP) is 2.03. The van der Waals surface area contributed by atoms with Gasteiger partial charge in [0.25, 0.3) is 0 Å². The fourth-order valence-electron chi connectivity index (χ4n) is 0.544. The Morgan fingerprint density at radius 3 is 2.36 bits per heavy atom. The fourth-order valence-corrected chi connectivity index (χ4v) is 0.544. The van der Waals surface area contributed by atoms with E-state index in [0.29, 0.717) is 12.5 Å². The van der Waals surface area contributed by atoms with Crippen molar-refractivity contribution in [3.8, 4) is 0 Å². The molecule has 0 fully saturated rings. The topological polar surface area (TPSA) is 26.3 Å². The van der Waals surface area contributed by atoms with E-state index in [-0.39, 0.29) is 11.9 Å². The van der Waals surface area contributed by atoms with E-state index in [0.717, 1.165) is 6.42 Å². The van der Waals surface area contributed by atoms with Gasteiger partial charge in [-0.15, -0.1) is 0 Å². The third-order valence-corrected chi connectivity index (χ3v) is 1.90. The Labute approximate surface area is 68.9 Å². The smallest absolute Gasteiger partial charge is 0.158 e. The van der Waals surface area contributed by atoms with Gasteiger partial charge in [-0.2, -0.15) is 0 Å². The number of ether oxygens (including phenoxy) is 1. The third-order valence-electron chi connectivity index (χ3n) is 1.90. The summed E-state index contributed by atoms with van der Waals surface area (Å²) >= 11 is 0. The highest BCUT2D eigenvalue weighted by atomic mass is 16.5. The molecule has 0 saturated carbocycles. The van der Waals surface area contributed by atoms with E-state index >= 15 is 0 Å². The van der Waals surface area contributed by atoms with Gasteiger partial charge in [0.15, 0.2) is 5.78 Å². The van der Waals surface area contributed by atoms with Crippen LogP contribution in [0.25, 0.3) is 0 Å². The molecule has 0 aromatic carbocycles. The van der Waals surface area contributed by atoms with Gasteiger partial charge in [0.1, 0.15) is 6.10 Å². The van der Waals surface area contributed by atoms with Crippen molar-refractivity contribution in [1.82, 2.24) is 0 Å². The van der Waals surface area contributed by atoms with E-state index in [2.05, 4.69) is 13.8 Å². The molecule has 0 aliphatic heterocycles. The molecule has 0 spiro atoms. The van der Waals surface area contributed by atoms with Crippen LogP contribution in [-0.4, -0.2) is 18.5 Å². The summed E-state index contributed by atoms with van der Waals surface area (Å²) in [4.78, 5) is 10.7. The summed E-state index contributed by atoms with van der Waals surface area (Å²) in [6, 6.07) is 0. The molecule has 0 aliphatic rings. The first-order chi connectivity index (χ1) is 5.07. The number of Topliss-reactive ketones (excluding diaryl/α,β-unsaturated/α-hetero) is 1. The van der Waals surface area contributed by atoms with Gasteiger partial charge in [0.05, 0.1) is 6.61 Å². The maximum Gasteiger partial charge on any atom is 0.158 e. The zero-order chi connectivity index (χ0) is 8.85. The molecule has 0 heterocycles. The van der Waals surface area contributed by atoms with Crippen LogP contribution in [-0.2, 0) is 9.53 Å². The maximum absolute atomic E-state index is 10.7. The number of ketones is 1. The lowest BCUT2D eigenvalue weighted by Crippen LogP contribution is -2.20. The van der Waals surface area contributed by atoms with E-state index in [4.69, 9.17) is 4.74 Å². The summed E-state index contributed by atoms with van der Waals surface area (Å²) in [7, 11) is 0. The van der Waals surface area contributed by atoms with Crippen LogP contribution in [0.2, 0.25) is 0 Å². The Bertz CT molecular complexity index is 121. The number of hydrogen-bond donors (Lipinski definition) is 0. The highest BCUT2D eigenvalue weighted by Gasteiger charge is 2.08. The molecule has 0 aromatic rings. The van der Waals surface area contributed by atoms with Gasteiger partial charge in [0, 0.05) is 0 Å². The van der Waals surface area contributed by atoms with E-state index < -0.39 is 0 Å². The average Bonchev–Trinajstić information content (AvgIpc) is 1.99. The first-order valence-electron chi connectivity index (χ1n) is 4.20. The average molecular weight is 158 g/mol. The second-order valence-electron chi connectivity index (χ2n) is 3.10. The Morgan fingerprint density at radius 2 is 2.00 bits per heavy atom. The van der Waals surface area contributed by atoms with Crippen LogP contribution in [0.5, 0.6) is 0 Å². The predicted molar refractivity (Wildman–Crippen MR) is 45.6 cm³/mol. The van der Waals surface area contributed by atoms with Crippen molar-refractivity contribution in [3.63, 3.8) is 0 Å². The van der Waals surface area contributed by atoms with E-state index in [9.17, 15) is 4.79 Å². The van der Waals surface area contributed by atoms with Crippen molar-refractivity contribution < 1.29 is 9.53 Å². The first-order valence-corrected chi connectivity index (χ1v) is 4.20. The summed E-state index contributed by atoms with van der Waals surface area (Å²) in [5.74, 6) is 0.658. The molecule has 0 aliphatic carbocycles. The number of carbonyl (C=O) groups is 1. The Morgan fingerprint density at radius 1 is 1.45 bits per heavy atom. The van der Waals surface area contributed by atoms with Gasteiger partial charge in [0.2, 0.25) is 0 Å². The zero-order valence-electron chi connectivity index (χ0n) is 7.89. The van der Waals surface area contributed by atoms with Crippen molar-refractivity contribution in [2.45, 2.75) is 40.2 Å². The van der Waals surface area contributed by atoms with E-state index in [1.165, 1.54) is 0 Å². The minimum atomic E-state index is -0.232. The van der Waals surface area contributed by atoms with Gasteiger partial charge < -0.3 is 4.74 Å². The van der Waals surface area contributed by atoms with Crippen LogP contribution in [0, 0.1) is 5.92 Å². The zero-order valence-corrected chi connectivity index (χ0v) is 7.89. The van der Waals surface area contributed by atoms with Crippen LogP contribution in [0.3, 0.4) is 0 Å². The Balaban J connectivity index is 3.45. The van der Waals surface area contributed by atoms with Crippen LogP contribution in [0.15, 0.2) is 0 Å². The summed E-state index contributed by atoms with van der Waals surface area (Å²) in [5.41, 5.74) is 0. The highest BCUT2D eigenvalue weighted by molar-refractivity contribution is 5.79. The molecule has 0 amide bonds. The van der Waals surface area contributed by atoms with Crippen molar-refractivity contribution in [2.24, 2.45) is 5.92 Å². The van der Waals surface area contributed by atoms with Crippen molar-refractivity contribution in [1.29, 1.82) is 0 Å². The van der Waals surface area contributed by atoms with Crippen LogP contribution in [0.1, 0.15) is 34.1 Å². The molecular formula is C9H18O2. The monoisotopic (exact) mass is 158 g/mol. The van der Waals surface area contributed by atoms with Gasteiger partial charge in [-0.1, -0.05) is 20.3 Å². The van der Waals surface area contributed by atoms with Crippen molar-refractivity contribution in [3.05, 3.63) is 0 Å². The first kappa shape index (κ1) is 10.6. The third kappa shape index (κ3) is 4.96. The molecule has 0 radical (unpaired) electrons. The van der Waals surface area contributed by atoms with Crippen LogP contribution >= 0.6 is 0 Å².